The number of ether oxygens (including phenoxy) is 1. The molecule has 7 heteroatoms. The second-order valence-electron chi connectivity index (χ2n) is 7.51. The number of likely N-dealkylation sites (N-methyl/N-ethyl adjacent to an activating group) is 1. The molecule has 0 radical (unpaired) electrons. The second kappa shape index (κ2) is 9.67. The van der Waals surface area contributed by atoms with E-state index in [0.717, 1.165) is 38.1 Å². The van der Waals surface area contributed by atoms with Gasteiger partial charge in [0, 0.05) is 26.2 Å². The fraction of sp³-hybridized carbons (Fsp3) is 0.571. The first-order valence-electron chi connectivity index (χ1n) is 10.1. The number of aromatic nitrogens is 2. The van der Waals surface area contributed by atoms with Gasteiger partial charge in [-0.15, -0.1) is 0 Å². The Balaban J connectivity index is 1.75. The van der Waals surface area contributed by atoms with Gasteiger partial charge in [0.1, 0.15) is 0 Å². The molecule has 1 atom stereocenters. The molecule has 2 aromatic rings. The molecule has 0 unspecified atom stereocenters. The lowest BCUT2D eigenvalue weighted by molar-refractivity contribution is -0.00290. The van der Waals surface area contributed by atoms with Crippen molar-refractivity contribution in [3.05, 3.63) is 47.8 Å². The van der Waals surface area contributed by atoms with Gasteiger partial charge in [0.2, 0.25) is 15.0 Å². The van der Waals surface area contributed by atoms with Crippen LogP contribution in [-0.4, -0.2) is 54.9 Å². The van der Waals surface area contributed by atoms with Crippen LogP contribution in [0.2, 0.25) is 0 Å². The molecule has 154 valence electrons. The van der Waals surface area contributed by atoms with Gasteiger partial charge in [0.15, 0.2) is 0 Å². The van der Waals surface area contributed by atoms with Crippen LogP contribution in [0.15, 0.2) is 41.7 Å². The zero-order valence-corrected chi connectivity index (χ0v) is 17.7. The van der Waals surface area contributed by atoms with Crippen molar-refractivity contribution in [1.82, 2.24) is 14.5 Å². The lowest BCUT2D eigenvalue weighted by Gasteiger charge is -2.27. The minimum Gasteiger partial charge on any atom is -0.377 e. The molecule has 0 bridgehead atoms. The molecule has 3 rings (SSSR count). The van der Waals surface area contributed by atoms with E-state index in [0.29, 0.717) is 13.1 Å². The Kier molecular flexibility index (Phi) is 7.26. The predicted molar refractivity (Wildman–Crippen MR) is 110 cm³/mol. The third-order valence-corrected chi connectivity index (χ3v) is 6.89. The number of imidazole rings is 1. The normalized spacial score (nSPS) is 17.9. The highest BCUT2D eigenvalue weighted by atomic mass is 32.2. The third kappa shape index (κ3) is 5.43. The number of aryl methyl sites for hydroxylation is 1. The Morgan fingerprint density at radius 2 is 2.04 bits per heavy atom. The lowest BCUT2D eigenvalue weighted by atomic mass is 10.1. The Morgan fingerprint density at radius 3 is 2.71 bits per heavy atom. The van der Waals surface area contributed by atoms with Crippen LogP contribution in [0.25, 0.3) is 0 Å². The maximum absolute atomic E-state index is 12.5. The van der Waals surface area contributed by atoms with E-state index in [1.54, 1.807) is 13.1 Å². The highest BCUT2D eigenvalue weighted by Gasteiger charge is 2.23. The van der Waals surface area contributed by atoms with Crippen molar-refractivity contribution in [1.29, 1.82) is 0 Å². The largest absolute Gasteiger partial charge is 0.377 e. The Morgan fingerprint density at radius 1 is 1.25 bits per heavy atom. The van der Waals surface area contributed by atoms with Crippen LogP contribution in [0.5, 0.6) is 0 Å². The lowest BCUT2D eigenvalue weighted by Crippen LogP contribution is -2.33. The summed E-state index contributed by atoms with van der Waals surface area (Å²) in [6.45, 7) is 4.60. The van der Waals surface area contributed by atoms with Crippen molar-refractivity contribution in [2.24, 2.45) is 0 Å². The molecule has 1 aromatic carbocycles. The number of sulfone groups is 1. The topological polar surface area (TPSA) is 64.4 Å². The molecule has 2 heterocycles. The first-order chi connectivity index (χ1) is 13.5. The number of rotatable bonds is 9. The van der Waals surface area contributed by atoms with Crippen LogP contribution in [0.3, 0.4) is 0 Å². The number of benzene rings is 1. The SMILES string of the molecule is CCS(=O)(=O)c1ncc(CN(C)C[C@@H]2CCCCO2)n1CCc1ccccc1. The van der Waals surface area contributed by atoms with E-state index in [4.69, 9.17) is 4.74 Å². The average Bonchev–Trinajstić information content (AvgIpc) is 3.11. The zero-order chi connectivity index (χ0) is 20.0. The minimum absolute atomic E-state index is 0.0561. The van der Waals surface area contributed by atoms with Crippen LogP contribution in [0.4, 0.5) is 0 Å². The Hall–Kier alpha value is -1.70. The molecule has 1 aromatic heterocycles. The van der Waals surface area contributed by atoms with Crippen LogP contribution in [-0.2, 0) is 34.1 Å². The molecule has 0 aliphatic carbocycles. The van der Waals surface area contributed by atoms with Crippen molar-refractivity contribution < 1.29 is 13.2 Å². The van der Waals surface area contributed by atoms with Crippen LogP contribution in [0.1, 0.15) is 37.4 Å². The fourth-order valence-electron chi connectivity index (χ4n) is 3.66. The van der Waals surface area contributed by atoms with Gasteiger partial charge in [-0.3, -0.25) is 4.90 Å². The molecular weight excluding hydrogens is 374 g/mol. The van der Waals surface area contributed by atoms with Crippen molar-refractivity contribution >= 4 is 9.84 Å². The van der Waals surface area contributed by atoms with Gasteiger partial charge < -0.3 is 9.30 Å². The summed E-state index contributed by atoms with van der Waals surface area (Å²) in [5, 5.41) is 0.184. The van der Waals surface area contributed by atoms with Gasteiger partial charge >= 0.3 is 0 Å². The molecule has 0 saturated carbocycles. The number of hydrogen-bond acceptors (Lipinski definition) is 5. The van der Waals surface area contributed by atoms with Gasteiger partial charge in [0.25, 0.3) is 0 Å². The molecule has 28 heavy (non-hydrogen) atoms. The van der Waals surface area contributed by atoms with Crippen LogP contribution in [0, 0.1) is 0 Å². The standard InChI is InChI=1S/C21H31N3O3S/c1-3-28(25,26)21-22-15-19(16-23(2)17-20-11-7-8-14-27-20)24(21)13-12-18-9-5-4-6-10-18/h4-6,9-10,15,20H,3,7-8,11-14,16-17H2,1-2H3/t20-/m0/s1. The van der Waals surface area contributed by atoms with Crippen molar-refractivity contribution in [2.45, 2.75) is 57.0 Å². The monoisotopic (exact) mass is 405 g/mol. The second-order valence-corrected chi connectivity index (χ2v) is 9.68. The summed E-state index contributed by atoms with van der Waals surface area (Å²) >= 11 is 0. The van der Waals surface area contributed by atoms with E-state index in [2.05, 4.69) is 29.1 Å². The molecule has 6 nitrogen and oxygen atoms in total. The summed E-state index contributed by atoms with van der Waals surface area (Å²) in [6, 6.07) is 10.1. The quantitative estimate of drug-likeness (QED) is 0.642. The maximum Gasteiger partial charge on any atom is 0.227 e. The van der Waals surface area contributed by atoms with Crippen molar-refractivity contribution in [2.75, 3.05) is 26.0 Å². The van der Waals surface area contributed by atoms with Crippen LogP contribution >= 0.6 is 0 Å². The Labute approximate surface area is 168 Å². The highest BCUT2D eigenvalue weighted by molar-refractivity contribution is 7.91. The van der Waals surface area contributed by atoms with E-state index >= 15 is 0 Å². The summed E-state index contributed by atoms with van der Waals surface area (Å²) < 4.78 is 32.8. The molecule has 0 amide bonds. The first-order valence-corrected chi connectivity index (χ1v) is 11.8. The van der Waals surface area contributed by atoms with Gasteiger partial charge in [-0.05, 0) is 38.3 Å². The summed E-state index contributed by atoms with van der Waals surface area (Å²) in [5.41, 5.74) is 2.12. The summed E-state index contributed by atoms with van der Waals surface area (Å²) in [4.78, 5) is 6.49. The smallest absolute Gasteiger partial charge is 0.227 e. The molecule has 0 spiro atoms. The molecule has 0 N–H and O–H groups in total. The number of nitrogens with zero attached hydrogens (tertiary/aromatic N) is 3. The van der Waals surface area contributed by atoms with E-state index < -0.39 is 9.84 Å². The maximum atomic E-state index is 12.5. The molecular formula is C21H31N3O3S. The Bertz CT molecular complexity index is 843. The predicted octanol–water partition coefficient (Wildman–Crippen LogP) is 2.92. The molecule has 1 saturated heterocycles. The number of hydrogen-bond donors (Lipinski definition) is 0. The molecule has 1 fully saturated rings. The van der Waals surface area contributed by atoms with Gasteiger partial charge in [-0.1, -0.05) is 37.3 Å². The zero-order valence-electron chi connectivity index (χ0n) is 16.9. The van der Waals surface area contributed by atoms with E-state index in [-0.39, 0.29) is 17.0 Å². The molecule has 1 aliphatic heterocycles. The molecule has 1 aliphatic rings. The summed E-state index contributed by atoms with van der Waals surface area (Å²) in [7, 11) is -1.31. The van der Waals surface area contributed by atoms with Gasteiger partial charge in [0.05, 0.1) is 23.7 Å². The van der Waals surface area contributed by atoms with Crippen LogP contribution < -0.4 is 0 Å². The van der Waals surface area contributed by atoms with E-state index in [1.165, 1.54) is 12.0 Å². The van der Waals surface area contributed by atoms with Crippen molar-refractivity contribution in [3.63, 3.8) is 0 Å². The average molecular weight is 406 g/mol. The van der Waals surface area contributed by atoms with E-state index in [9.17, 15) is 8.42 Å². The van der Waals surface area contributed by atoms with Crippen molar-refractivity contribution in [3.8, 4) is 0 Å². The van der Waals surface area contributed by atoms with Gasteiger partial charge in [-0.25, -0.2) is 13.4 Å². The van der Waals surface area contributed by atoms with Gasteiger partial charge in [-0.2, -0.15) is 0 Å². The minimum atomic E-state index is -3.37. The third-order valence-electron chi connectivity index (χ3n) is 5.25. The first kappa shape index (κ1) is 21.0. The fourth-order valence-corrected chi connectivity index (χ4v) is 4.68. The van der Waals surface area contributed by atoms with E-state index in [1.807, 2.05) is 22.8 Å². The highest BCUT2D eigenvalue weighted by Crippen LogP contribution is 2.18. The summed E-state index contributed by atoms with van der Waals surface area (Å²) in [5.74, 6) is 0.0561. The summed E-state index contributed by atoms with van der Waals surface area (Å²) in [6.07, 6.45) is 6.19.